The summed E-state index contributed by atoms with van der Waals surface area (Å²) in [5, 5.41) is 21.5. The molecule has 1 aromatic carbocycles. The van der Waals surface area contributed by atoms with E-state index in [-0.39, 0.29) is 24.9 Å². The molecule has 3 N–H and O–H groups in total. The van der Waals surface area contributed by atoms with Gasteiger partial charge >= 0.3 is 6.03 Å². The van der Waals surface area contributed by atoms with Gasteiger partial charge in [-0.15, -0.1) is 0 Å². The average molecular weight is 309 g/mol. The minimum absolute atomic E-state index is 0.100. The normalized spacial score (nSPS) is 10.2. The van der Waals surface area contributed by atoms with Crippen LogP contribution in [0.5, 0.6) is 16.6 Å². The van der Waals surface area contributed by atoms with Crippen molar-refractivity contribution in [1.29, 1.82) is 0 Å². The number of nitrogens with one attached hydrogen (secondary N) is 1. The van der Waals surface area contributed by atoms with E-state index < -0.39 is 0 Å². The fraction of sp³-hybridized carbons (Fsp3) is 0.231. The number of aromatic hydroxyl groups is 1. The molecule has 7 nitrogen and oxygen atoms in total. The smallest absolute Gasteiger partial charge is 0.323 e. The molecule has 1 aromatic heterocycles. The number of hydrogen-bond acceptors (Lipinski definition) is 6. The molecule has 0 aliphatic heterocycles. The predicted octanol–water partition coefficient (Wildman–Crippen LogP) is 2.10. The van der Waals surface area contributed by atoms with Crippen molar-refractivity contribution in [3.63, 3.8) is 0 Å². The number of urea groups is 1. The number of nitrogens with zero attached hydrogens (tertiary/aromatic N) is 2. The van der Waals surface area contributed by atoms with Gasteiger partial charge in [0.1, 0.15) is 11.5 Å². The zero-order chi connectivity index (χ0) is 15.2. The molecule has 1 heterocycles. The summed E-state index contributed by atoms with van der Waals surface area (Å²) >= 11 is 1.18. The second-order valence-corrected chi connectivity index (χ2v) is 5.15. The third-order valence-corrected chi connectivity index (χ3v) is 3.33. The molecule has 2 aromatic rings. The fourth-order valence-electron chi connectivity index (χ4n) is 1.43. The lowest BCUT2D eigenvalue weighted by Gasteiger charge is -2.14. The maximum Gasteiger partial charge on any atom is 0.323 e. The van der Waals surface area contributed by atoms with E-state index in [9.17, 15) is 9.90 Å². The van der Waals surface area contributed by atoms with Crippen LogP contribution in [-0.4, -0.2) is 46.3 Å². The zero-order valence-electron chi connectivity index (χ0n) is 11.3. The van der Waals surface area contributed by atoms with Crippen LogP contribution in [0.2, 0.25) is 0 Å². The van der Waals surface area contributed by atoms with Crippen molar-refractivity contribution in [3.8, 4) is 16.6 Å². The molecule has 0 radical (unpaired) electrons. The van der Waals surface area contributed by atoms with Crippen LogP contribution in [0.3, 0.4) is 0 Å². The van der Waals surface area contributed by atoms with E-state index >= 15 is 0 Å². The first-order valence-corrected chi connectivity index (χ1v) is 6.96. The highest BCUT2D eigenvalue weighted by atomic mass is 32.1. The SMILES string of the molecule is CN(CCO)C(=O)Nc1ncc(Oc2ccc(O)cc2)s1. The van der Waals surface area contributed by atoms with Crippen LogP contribution in [0.4, 0.5) is 9.93 Å². The maximum absolute atomic E-state index is 11.7. The van der Waals surface area contributed by atoms with Crippen molar-refractivity contribution < 1.29 is 19.7 Å². The van der Waals surface area contributed by atoms with Gasteiger partial charge < -0.3 is 19.8 Å². The molecular formula is C13H15N3O4S. The number of carbonyl (C=O) groups excluding carboxylic acids is 1. The molecule has 0 aliphatic rings. The third-order valence-electron chi connectivity index (χ3n) is 2.54. The molecular weight excluding hydrogens is 294 g/mol. The first-order valence-electron chi connectivity index (χ1n) is 6.14. The molecule has 21 heavy (non-hydrogen) atoms. The molecule has 112 valence electrons. The number of ether oxygens (including phenoxy) is 1. The number of aliphatic hydroxyl groups excluding tert-OH is 1. The lowest BCUT2D eigenvalue weighted by molar-refractivity contribution is 0.202. The Morgan fingerprint density at radius 1 is 1.43 bits per heavy atom. The van der Waals surface area contributed by atoms with Crippen molar-refractivity contribution in [2.75, 3.05) is 25.5 Å². The number of amides is 2. The van der Waals surface area contributed by atoms with Gasteiger partial charge in [0.25, 0.3) is 0 Å². The molecule has 2 rings (SSSR count). The van der Waals surface area contributed by atoms with Gasteiger partial charge in [0.15, 0.2) is 5.13 Å². The van der Waals surface area contributed by atoms with Crippen molar-refractivity contribution in [2.24, 2.45) is 0 Å². The summed E-state index contributed by atoms with van der Waals surface area (Å²) < 4.78 is 5.54. The standard InChI is InChI=1S/C13H15N3O4S/c1-16(6-7-17)13(19)15-12-14-8-11(21-12)20-10-4-2-9(18)3-5-10/h2-5,8,17-18H,6-7H2,1H3,(H,14,15,19). The molecule has 0 saturated heterocycles. The number of carbonyl (C=O) groups is 1. The summed E-state index contributed by atoms with van der Waals surface area (Å²) in [6.45, 7) is 0.144. The van der Waals surface area contributed by atoms with Gasteiger partial charge in [-0.1, -0.05) is 11.3 Å². The van der Waals surface area contributed by atoms with E-state index in [1.807, 2.05) is 0 Å². The number of hydrogen-bond donors (Lipinski definition) is 3. The molecule has 0 fully saturated rings. The first kappa shape index (κ1) is 15.1. The van der Waals surface area contributed by atoms with Crippen molar-refractivity contribution in [1.82, 2.24) is 9.88 Å². The second kappa shape index (κ2) is 6.91. The maximum atomic E-state index is 11.7. The van der Waals surface area contributed by atoms with E-state index in [0.29, 0.717) is 15.9 Å². The van der Waals surface area contributed by atoms with Crippen molar-refractivity contribution in [2.45, 2.75) is 0 Å². The minimum atomic E-state index is -0.352. The summed E-state index contributed by atoms with van der Waals surface area (Å²) in [7, 11) is 1.58. The molecule has 0 atom stereocenters. The number of phenolic OH excluding ortho intramolecular Hbond substituents is 1. The summed E-state index contributed by atoms with van der Waals surface area (Å²) in [4.78, 5) is 17.1. The molecule has 0 bridgehead atoms. The Morgan fingerprint density at radius 2 is 2.14 bits per heavy atom. The van der Waals surface area contributed by atoms with Gasteiger partial charge in [-0.2, -0.15) is 0 Å². The topological polar surface area (TPSA) is 94.9 Å². The predicted molar refractivity (Wildman–Crippen MR) is 79.0 cm³/mol. The van der Waals surface area contributed by atoms with Crippen LogP contribution in [0.1, 0.15) is 0 Å². The van der Waals surface area contributed by atoms with Crippen molar-refractivity contribution in [3.05, 3.63) is 30.5 Å². The van der Waals surface area contributed by atoms with Gasteiger partial charge in [-0.3, -0.25) is 5.32 Å². The monoisotopic (exact) mass is 309 g/mol. The van der Waals surface area contributed by atoms with Gasteiger partial charge in [0.2, 0.25) is 5.06 Å². The fourth-order valence-corrected chi connectivity index (χ4v) is 2.11. The molecule has 0 spiro atoms. The summed E-state index contributed by atoms with van der Waals surface area (Å²) in [5.74, 6) is 0.721. The number of aliphatic hydroxyl groups is 1. The van der Waals surface area contributed by atoms with E-state index in [0.717, 1.165) is 0 Å². The van der Waals surface area contributed by atoms with E-state index in [2.05, 4.69) is 10.3 Å². The van der Waals surface area contributed by atoms with Gasteiger partial charge in [-0.25, -0.2) is 9.78 Å². The van der Waals surface area contributed by atoms with Crippen LogP contribution in [0.25, 0.3) is 0 Å². The number of benzene rings is 1. The van der Waals surface area contributed by atoms with Crippen LogP contribution in [-0.2, 0) is 0 Å². The first-order chi connectivity index (χ1) is 10.1. The second-order valence-electron chi connectivity index (χ2n) is 4.16. The molecule has 0 aliphatic carbocycles. The number of aromatic nitrogens is 1. The Morgan fingerprint density at radius 3 is 2.81 bits per heavy atom. The summed E-state index contributed by atoms with van der Waals surface area (Å²) in [6.07, 6.45) is 1.50. The highest BCUT2D eigenvalue weighted by molar-refractivity contribution is 7.17. The lowest BCUT2D eigenvalue weighted by Crippen LogP contribution is -2.33. The average Bonchev–Trinajstić information content (AvgIpc) is 2.89. The Hall–Kier alpha value is -2.32. The summed E-state index contributed by atoms with van der Waals surface area (Å²) in [5.41, 5.74) is 0. The largest absolute Gasteiger partial charge is 0.508 e. The van der Waals surface area contributed by atoms with E-state index in [1.165, 1.54) is 34.6 Å². The van der Waals surface area contributed by atoms with Crippen LogP contribution >= 0.6 is 11.3 Å². The Balaban J connectivity index is 1.95. The Kier molecular flexibility index (Phi) is 4.96. The molecule has 2 amide bonds. The van der Waals surface area contributed by atoms with Crippen LogP contribution in [0.15, 0.2) is 30.5 Å². The molecule has 0 unspecified atom stereocenters. The Bertz CT molecular complexity index is 600. The highest BCUT2D eigenvalue weighted by Gasteiger charge is 2.11. The van der Waals surface area contributed by atoms with Crippen LogP contribution in [0, 0.1) is 0 Å². The number of phenols is 1. The quantitative estimate of drug-likeness (QED) is 0.786. The third kappa shape index (κ3) is 4.33. The van der Waals surface area contributed by atoms with Gasteiger partial charge in [-0.05, 0) is 24.3 Å². The van der Waals surface area contributed by atoms with E-state index in [4.69, 9.17) is 9.84 Å². The molecule has 8 heteroatoms. The van der Waals surface area contributed by atoms with Gasteiger partial charge in [0, 0.05) is 13.6 Å². The number of likely N-dealkylation sites (N-methyl/N-ethyl adjacent to an activating group) is 1. The van der Waals surface area contributed by atoms with Gasteiger partial charge in [0.05, 0.1) is 12.8 Å². The number of thiazole rings is 1. The Labute approximate surface area is 125 Å². The highest BCUT2D eigenvalue weighted by Crippen LogP contribution is 2.30. The number of rotatable bonds is 5. The number of anilines is 1. The zero-order valence-corrected chi connectivity index (χ0v) is 12.1. The minimum Gasteiger partial charge on any atom is -0.508 e. The van der Waals surface area contributed by atoms with Crippen LogP contribution < -0.4 is 10.1 Å². The van der Waals surface area contributed by atoms with Crippen molar-refractivity contribution >= 4 is 22.5 Å². The van der Waals surface area contributed by atoms with E-state index in [1.54, 1.807) is 19.2 Å². The lowest BCUT2D eigenvalue weighted by atomic mass is 10.3. The molecule has 0 saturated carbocycles. The summed E-state index contributed by atoms with van der Waals surface area (Å²) in [6, 6.07) is 5.94.